The topological polar surface area (TPSA) is 146 Å². The average molecular weight is 433 g/mol. The Kier molecular flexibility index (Phi) is 8.62. The number of aliphatic hydroxyl groups excluding tert-OH is 4. The summed E-state index contributed by atoms with van der Waals surface area (Å²) in [7, 11) is 0. The van der Waals surface area contributed by atoms with Crippen LogP contribution in [0.2, 0.25) is 0 Å². The predicted octanol–water partition coefficient (Wildman–Crippen LogP) is 0.501. The number of benzene rings is 1. The van der Waals surface area contributed by atoms with Gasteiger partial charge in [0, 0.05) is 18.5 Å². The molecule has 1 fully saturated rings. The van der Waals surface area contributed by atoms with Crippen molar-refractivity contribution in [3.05, 3.63) is 23.8 Å². The average Bonchev–Trinajstić information content (AvgIpc) is 2.68. The van der Waals surface area contributed by atoms with Gasteiger partial charge in [0.15, 0.2) is 0 Å². The molecule has 1 amide bonds. The highest BCUT2D eigenvalue weighted by Gasteiger charge is 2.45. The number of nitrogens with one attached hydrogen (secondary N) is 1. The quantitative estimate of drug-likeness (QED) is 0.379. The highest BCUT2D eigenvalue weighted by atomic mass is 19.3. The summed E-state index contributed by atoms with van der Waals surface area (Å²) in [6, 6.07) is 3.43. The zero-order valence-electron chi connectivity index (χ0n) is 16.2. The number of rotatable bonds is 9. The smallest absolute Gasteiger partial charge is 0.267 e. The van der Waals surface area contributed by atoms with Gasteiger partial charge >= 0.3 is 0 Å². The standard InChI is InChI=1S/C19H25F2NO8/c1-9(24)3-2-4-14(25)22-10-5-6-12(11(7-10)18(20)21)29-19-17(28)16(27)15(26)13(8-23)30-19/h5-7,13,15-19,23,26-28H,2-4,8H2,1H3,(H,22,25)/t13?,15-,16-,17?,19+/m0/s1. The summed E-state index contributed by atoms with van der Waals surface area (Å²) in [5, 5.41) is 41.2. The van der Waals surface area contributed by atoms with Crippen LogP contribution < -0.4 is 10.1 Å². The molecule has 168 valence electrons. The van der Waals surface area contributed by atoms with Gasteiger partial charge in [0.1, 0.15) is 35.9 Å². The maximum Gasteiger partial charge on any atom is 0.267 e. The van der Waals surface area contributed by atoms with Crippen LogP contribution in [0, 0.1) is 0 Å². The Morgan fingerprint density at radius 3 is 2.47 bits per heavy atom. The number of anilines is 1. The highest BCUT2D eigenvalue weighted by Crippen LogP contribution is 2.34. The molecule has 2 unspecified atom stereocenters. The second kappa shape index (κ2) is 10.7. The van der Waals surface area contributed by atoms with E-state index >= 15 is 0 Å². The van der Waals surface area contributed by atoms with Crippen LogP contribution in [0.4, 0.5) is 14.5 Å². The first-order valence-corrected chi connectivity index (χ1v) is 9.32. The molecule has 11 heteroatoms. The third-order valence-electron chi connectivity index (χ3n) is 4.55. The molecular formula is C19H25F2NO8. The molecule has 1 aliphatic rings. The summed E-state index contributed by atoms with van der Waals surface area (Å²) in [6.45, 7) is 0.710. The molecule has 30 heavy (non-hydrogen) atoms. The molecule has 1 aromatic carbocycles. The third kappa shape index (κ3) is 6.16. The number of alkyl halides is 2. The van der Waals surface area contributed by atoms with Crippen molar-refractivity contribution in [1.29, 1.82) is 0 Å². The Morgan fingerprint density at radius 2 is 1.87 bits per heavy atom. The molecule has 0 radical (unpaired) electrons. The van der Waals surface area contributed by atoms with Crippen LogP contribution >= 0.6 is 0 Å². The molecule has 0 saturated carbocycles. The van der Waals surface area contributed by atoms with E-state index in [9.17, 15) is 38.8 Å². The molecule has 1 saturated heterocycles. The predicted molar refractivity (Wildman–Crippen MR) is 99.0 cm³/mol. The van der Waals surface area contributed by atoms with Gasteiger partial charge in [-0.3, -0.25) is 4.79 Å². The van der Waals surface area contributed by atoms with E-state index in [1.165, 1.54) is 13.0 Å². The molecule has 1 aromatic rings. The normalized spacial score (nSPS) is 26.5. The molecule has 0 aromatic heterocycles. The number of hydrogen-bond acceptors (Lipinski definition) is 8. The number of ether oxygens (including phenoxy) is 2. The minimum atomic E-state index is -3.00. The largest absolute Gasteiger partial charge is 0.461 e. The van der Waals surface area contributed by atoms with Crippen molar-refractivity contribution in [2.75, 3.05) is 11.9 Å². The van der Waals surface area contributed by atoms with Gasteiger partial charge in [0.2, 0.25) is 12.2 Å². The van der Waals surface area contributed by atoms with E-state index in [-0.39, 0.29) is 30.1 Å². The highest BCUT2D eigenvalue weighted by molar-refractivity contribution is 5.91. The van der Waals surface area contributed by atoms with Crippen molar-refractivity contribution >= 4 is 17.4 Å². The minimum absolute atomic E-state index is 0.0483. The molecular weight excluding hydrogens is 408 g/mol. The first-order valence-electron chi connectivity index (χ1n) is 9.32. The van der Waals surface area contributed by atoms with Crippen molar-refractivity contribution in [1.82, 2.24) is 0 Å². The maximum absolute atomic E-state index is 13.5. The van der Waals surface area contributed by atoms with E-state index in [0.717, 1.165) is 12.1 Å². The van der Waals surface area contributed by atoms with Gasteiger partial charge in [0.05, 0.1) is 12.2 Å². The second-order valence-electron chi connectivity index (χ2n) is 6.97. The van der Waals surface area contributed by atoms with Crippen molar-refractivity contribution < 1.29 is 48.3 Å². The van der Waals surface area contributed by atoms with Crippen LogP contribution in [0.1, 0.15) is 38.2 Å². The Balaban J connectivity index is 2.11. The summed E-state index contributed by atoms with van der Waals surface area (Å²) in [4.78, 5) is 22.8. The lowest BCUT2D eigenvalue weighted by Crippen LogP contribution is -2.60. The fourth-order valence-electron chi connectivity index (χ4n) is 2.92. The van der Waals surface area contributed by atoms with Gasteiger partial charge in [-0.25, -0.2) is 8.78 Å². The van der Waals surface area contributed by atoms with Crippen molar-refractivity contribution in [3.8, 4) is 5.75 Å². The van der Waals surface area contributed by atoms with Gasteiger partial charge in [0.25, 0.3) is 6.43 Å². The molecule has 5 N–H and O–H groups in total. The minimum Gasteiger partial charge on any atom is -0.461 e. The second-order valence-corrected chi connectivity index (χ2v) is 6.97. The SMILES string of the molecule is CC(=O)CCCC(=O)Nc1ccc(O[C@@H]2OC(CO)[C@H](O)[C@H](O)C2O)c(C(F)F)c1. The zero-order valence-corrected chi connectivity index (χ0v) is 16.2. The van der Waals surface area contributed by atoms with Crippen LogP contribution in [-0.4, -0.2) is 69.4 Å². The molecule has 2 rings (SSSR count). The van der Waals surface area contributed by atoms with Crippen LogP contribution in [0.3, 0.4) is 0 Å². The Hall–Kier alpha value is -2.18. The van der Waals surface area contributed by atoms with Gasteiger partial charge in [-0.2, -0.15) is 0 Å². The van der Waals surface area contributed by atoms with E-state index < -0.39 is 55.2 Å². The fraction of sp³-hybridized carbons (Fsp3) is 0.579. The number of amides is 1. The van der Waals surface area contributed by atoms with Gasteiger partial charge < -0.3 is 40.0 Å². The number of aliphatic hydroxyl groups is 4. The molecule has 1 heterocycles. The van der Waals surface area contributed by atoms with Crippen LogP contribution in [0.25, 0.3) is 0 Å². The number of carbonyl (C=O) groups is 2. The zero-order chi connectivity index (χ0) is 22.4. The van der Waals surface area contributed by atoms with Gasteiger partial charge in [-0.1, -0.05) is 0 Å². The summed E-state index contributed by atoms with van der Waals surface area (Å²) in [5.74, 6) is -0.875. The lowest BCUT2D eigenvalue weighted by atomic mass is 9.99. The maximum atomic E-state index is 13.5. The van der Waals surface area contributed by atoms with Crippen LogP contribution in [0.5, 0.6) is 5.75 Å². The first-order chi connectivity index (χ1) is 14.1. The molecule has 0 aliphatic carbocycles. The van der Waals surface area contributed by atoms with Crippen molar-refractivity contribution in [2.24, 2.45) is 0 Å². The molecule has 0 spiro atoms. The Bertz CT molecular complexity index is 745. The summed E-state index contributed by atoms with van der Waals surface area (Å²) < 4.78 is 37.4. The van der Waals surface area contributed by atoms with E-state index in [4.69, 9.17) is 9.47 Å². The molecule has 5 atom stereocenters. The number of hydrogen-bond donors (Lipinski definition) is 5. The van der Waals surface area contributed by atoms with Crippen LogP contribution in [0.15, 0.2) is 18.2 Å². The number of ketones is 1. The molecule has 0 bridgehead atoms. The lowest BCUT2D eigenvalue weighted by Gasteiger charge is -2.39. The monoisotopic (exact) mass is 433 g/mol. The molecule has 9 nitrogen and oxygen atoms in total. The Morgan fingerprint density at radius 1 is 1.17 bits per heavy atom. The lowest BCUT2D eigenvalue weighted by molar-refractivity contribution is -0.277. The van der Waals surface area contributed by atoms with Crippen molar-refractivity contribution in [2.45, 2.75) is 63.3 Å². The third-order valence-corrected chi connectivity index (χ3v) is 4.55. The van der Waals surface area contributed by atoms with E-state index in [1.54, 1.807) is 0 Å². The number of halogens is 2. The van der Waals surface area contributed by atoms with Crippen molar-refractivity contribution in [3.63, 3.8) is 0 Å². The number of carbonyl (C=O) groups excluding carboxylic acids is 2. The van der Waals surface area contributed by atoms with Gasteiger partial charge in [-0.05, 0) is 31.5 Å². The van der Waals surface area contributed by atoms with Crippen LogP contribution in [-0.2, 0) is 14.3 Å². The van der Waals surface area contributed by atoms with E-state index in [2.05, 4.69) is 5.32 Å². The Labute approximate surface area is 171 Å². The van der Waals surface area contributed by atoms with Gasteiger partial charge in [-0.15, -0.1) is 0 Å². The first kappa shape index (κ1) is 24.1. The van der Waals surface area contributed by atoms with E-state index in [0.29, 0.717) is 6.42 Å². The summed E-state index contributed by atoms with van der Waals surface area (Å²) in [6.07, 6.45) is -10.3. The van der Waals surface area contributed by atoms with E-state index in [1.807, 2.05) is 0 Å². The number of Topliss-reactive ketones (excluding diaryl/α,β-unsaturated/α-hetero) is 1. The fourth-order valence-corrected chi connectivity index (χ4v) is 2.92. The molecule has 1 aliphatic heterocycles. The summed E-state index contributed by atoms with van der Waals surface area (Å²) in [5.41, 5.74) is -0.521. The summed E-state index contributed by atoms with van der Waals surface area (Å²) >= 11 is 0.